The van der Waals surface area contributed by atoms with Crippen LogP contribution in [0.2, 0.25) is 0 Å². The third kappa shape index (κ3) is 10.8. The van der Waals surface area contributed by atoms with Gasteiger partial charge in [-0.15, -0.1) is 0 Å². The van der Waals surface area contributed by atoms with Crippen LogP contribution >= 0.6 is 0 Å². The zero-order valence-corrected chi connectivity index (χ0v) is 24.2. The Labute approximate surface area is 254 Å². The van der Waals surface area contributed by atoms with Crippen LogP contribution in [0.1, 0.15) is 27.0 Å². The highest BCUT2D eigenvalue weighted by molar-refractivity contribution is 5.94. The third-order valence-electron chi connectivity index (χ3n) is 6.23. The van der Waals surface area contributed by atoms with E-state index in [0.717, 1.165) is 11.1 Å². The highest BCUT2D eigenvalue weighted by Crippen LogP contribution is 2.15. The summed E-state index contributed by atoms with van der Waals surface area (Å²) in [6.45, 7) is 3.52. The Morgan fingerprint density at radius 2 is 1.23 bits per heavy atom. The Morgan fingerprint density at radius 1 is 0.682 bits per heavy atom. The lowest BCUT2D eigenvalue weighted by atomic mass is 10.1. The number of nitrogens with zero attached hydrogens (tertiary/aromatic N) is 3. The second-order valence-corrected chi connectivity index (χ2v) is 9.55. The quantitative estimate of drug-likeness (QED) is 0.106. The maximum atomic E-state index is 14.1. The number of nitrogens with one attached hydrogen (secondary N) is 4. The van der Waals surface area contributed by atoms with Crippen LogP contribution in [0.5, 0.6) is 0 Å². The Morgan fingerprint density at radius 3 is 1.82 bits per heavy atom. The average molecular weight is 607 g/mol. The number of hydrogen-bond acceptors (Lipinski definition) is 10. The number of hydrogen-bond donors (Lipinski definition) is 5. The molecular weight excluding hydrogens is 570 g/mol. The molecule has 232 valence electrons. The average Bonchev–Trinajstić information content (AvgIpc) is 3.04. The van der Waals surface area contributed by atoms with Crippen LogP contribution in [0.15, 0.2) is 72.8 Å². The Balaban J connectivity index is 1.32. The van der Waals surface area contributed by atoms with E-state index in [9.17, 15) is 13.6 Å². The van der Waals surface area contributed by atoms with Crippen molar-refractivity contribution < 1.29 is 23.0 Å². The van der Waals surface area contributed by atoms with Crippen molar-refractivity contribution in [2.45, 2.75) is 19.6 Å². The summed E-state index contributed by atoms with van der Waals surface area (Å²) in [6.07, 6.45) is 0. The third-order valence-corrected chi connectivity index (χ3v) is 6.23. The van der Waals surface area contributed by atoms with Gasteiger partial charge in [-0.25, -0.2) is 8.78 Å². The van der Waals surface area contributed by atoms with Crippen molar-refractivity contribution in [2.24, 2.45) is 5.73 Å². The second kappa shape index (κ2) is 17.4. The van der Waals surface area contributed by atoms with E-state index >= 15 is 0 Å². The monoisotopic (exact) mass is 606 g/mol. The van der Waals surface area contributed by atoms with Gasteiger partial charge in [-0.05, 0) is 41.5 Å². The van der Waals surface area contributed by atoms with Gasteiger partial charge in [0, 0.05) is 43.9 Å². The van der Waals surface area contributed by atoms with Crippen molar-refractivity contribution in [1.29, 1.82) is 0 Å². The fraction of sp³-hybridized carbons (Fsp3) is 0.290. The van der Waals surface area contributed by atoms with Gasteiger partial charge in [-0.1, -0.05) is 42.5 Å². The van der Waals surface area contributed by atoms with Crippen molar-refractivity contribution in [2.75, 3.05) is 55.5 Å². The lowest BCUT2D eigenvalue weighted by molar-refractivity contribution is 0.0511. The van der Waals surface area contributed by atoms with E-state index in [0.29, 0.717) is 63.7 Å². The summed E-state index contributed by atoms with van der Waals surface area (Å²) in [5.74, 6) is -0.0511. The number of carbonyl (C=O) groups excluding carboxylic acids is 1. The van der Waals surface area contributed by atoms with Crippen molar-refractivity contribution in [3.05, 3.63) is 107 Å². The first-order valence-corrected chi connectivity index (χ1v) is 14.2. The molecule has 13 heteroatoms. The van der Waals surface area contributed by atoms with Crippen molar-refractivity contribution in [1.82, 2.24) is 20.3 Å². The minimum Gasteiger partial charge on any atom is -0.378 e. The molecule has 0 saturated carbocycles. The number of ether oxygens (including phenoxy) is 2. The summed E-state index contributed by atoms with van der Waals surface area (Å²) in [5, 5.41) is 12.2. The maximum absolute atomic E-state index is 14.1. The summed E-state index contributed by atoms with van der Waals surface area (Å²) in [6, 6.07) is 19.7. The molecule has 0 aliphatic rings. The SMILES string of the molecule is NCCOCCOCCNC(=O)c1ccc(CNc2nc(NCc3ccc(F)cc3)nc(NCc3ccccc3F)n2)cc1. The van der Waals surface area contributed by atoms with Crippen LogP contribution in [0, 0.1) is 11.6 Å². The summed E-state index contributed by atoms with van der Waals surface area (Å²) >= 11 is 0. The molecule has 0 bridgehead atoms. The van der Waals surface area contributed by atoms with E-state index in [1.54, 1.807) is 42.5 Å². The molecule has 0 fully saturated rings. The first-order valence-electron chi connectivity index (χ1n) is 14.2. The fourth-order valence-electron chi connectivity index (χ4n) is 3.91. The second-order valence-electron chi connectivity index (χ2n) is 9.55. The minimum atomic E-state index is -0.336. The molecule has 6 N–H and O–H groups in total. The topological polar surface area (TPSA) is 148 Å². The van der Waals surface area contributed by atoms with E-state index in [1.165, 1.54) is 18.2 Å². The number of halogens is 2. The number of nitrogens with two attached hydrogens (primary N) is 1. The summed E-state index contributed by atoms with van der Waals surface area (Å²) in [4.78, 5) is 25.7. The number of rotatable bonds is 18. The van der Waals surface area contributed by atoms with Crippen LogP contribution < -0.4 is 27.0 Å². The van der Waals surface area contributed by atoms with E-state index in [2.05, 4.69) is 36.2 Å². The number of carbonyl (C=O) groups is 1. The van der Waals surface area contributed by atoms with Gasteiger partial charge in [-0.2, -0.15) is 15.0 Å². The molecule has 4 rings (SSSR count). The summed E-state index contributed by atoms with van der Waals surface area (Å²) < 4.78 is 38.1. The molecule has 0 aliphatic heterocycles. The zero-order chi connectivity index (χ0) is 31.0. The Hall–Kier alpha value is -4.72. The number of anilines is 3. The van der Waals surface area contributed by atoms with Crippen LogP contribution in [-0.4, -0.2) is 60.4 Å². The zero-order valence-electron chi connectivity index (χ0n) is 24.2. The first-order chi connectivity index (χ1) is 21.5. The van der Waals surface area contributed by atoms with E-state index < -0.39 is 0 Å². The van der Waals surface area contributed by atoms with Gasteiger partial charge in [0.15, 0.2) is 0 Å². The molecular formula is C31H36F2N8O3. The van der Waals surface area contributed by atoms with E-state index in [1.807, 2.05) is 12.1 Å². The van der Waals surface area contributed by atoms with Gasteiger partial charge in [0.2, 0.25) is 17.8 Å². The normalized spacial score (nSPS) is 10.8. The number of aromatic nitrogens is 3. The van der Waals surface area contributed by atoms with Gasteiger partial charge in [0.25, 0.3) is 5.91 Å². The number of amides is 1. The molecule has 0 aliphatic carbocycles. The highest BCUT2D eigenvalue weighted by atomic mass is 19.1. The molecule has 0 unspecified atom stereocenters. The highest BCUT2D eigenvalue weighted by Gasteiger charge is 2.10. The van der Waals surface area contributed by atoms with E-state index in [-0.39, 0.29) is 41.9 Å². The smallest absolute Gasteiger partial charge is 0.251 e. The largest absolute Gasteiger partial charge is 0.378 e. The molecule has 0 atom stereocenters. The maximum Gasteiger partial charge on any atom is 0.251 e. The van der Waals surface area contributed by atoms with Crippen LogP contribution in [0.4, 0.5) is 26.6 Å². The number of benzene rings is 3. The van der Waals surface area contributed by atoms with Gasteiger partial charge in [0.05, 0.1) is 26.4 Å². The Kier molecular flexibility index (Phi) is 12.7. The van der Waals surface area contributed by atoms with Gasteiger partial charge in [-0.3, -0.25) is 4.79 Å². The predicted molar refractivity (Wildman–Crippen MR) is 164 cm³/mol. The summed E-state index contributed by atoms with van der Waals surface area (Å²) in [7, 11) is 0. The Bertz CT molecular complexity index is 1460. The van der Waals surface area contributed by atoms with Gasteiger partial charge in [0.1, 0.15) is 11.6 Å². The lowest BCUT2D eigenvalue weighted by Gasteiger charge is -2.12. The van der Waals surface area contributed by atoms with Gasteiger partial charge >= 0.3 is 0 Å². The van der Waals surface area contributed by atoms with Crippen LogP contribution in [-0.2, 0) is 29.1 Å². The minimum absolute atomic E-state index is 0.173. The fourth-order valence-corrected chi connectivity index (χ4v) is 3.91. The van der Waals surface area contributed by atoms with Crippen LogP contribution in [0.25, 0.3) is 0 Å². The standard InChI is InChI=1S/C31H36F2N8O3/c32-26-11-7-23(8-12-26)20-37-30-39-29(40-31(41-30)38-21-25-3-1-2-4-27(25)33)36-19-22-5-9-24(10-6-22)28(42)35-14-16-44-18-17-43-15-13-34/h1-12H,13-21,34H2,(H,35,42)(H3,36,37,38,39,40,41). The lowest BCUT2D eigenvalue weighted by Crippen LogP contribution is -2.27. The first kappa shape index (κ1) is 32.2. The molecule has 0 spiro atoms. The van der Waals surface area contributed by atoms with Crippen molar-refractivity contribution in [3.8, 4) is 0 Å². The molecule has 0 radical (unpaired) electrons. The molecule has 0 saturated heterocycles. The molecule has 11 nitrogen and oxygen atoms in total. The van der Waals surface area contributed by atoms with Crippen molar-refractivity contribution >= 4 is 23.8 Å². The van der Waals surface area contributed by atoms with Gasteiger partial charge < -0.3 is 36.5 Å². The molecule has 1 heterocycles. The van der Waals surface area contributed by atoms with E-state index in [4.69, 9.17) is 15.2 Å². The molecule has 1 amide bonds. The van der Waals surface area contributed by atoms with Crippen LogP contribution in [0.3, 0.4) is 0 Å². The molecule has 3 aromatic carbocycles. The van der Waals surface area contributed by atoms with Crippen molar-refractivity contribution in [3.63, 3.8) is 0 Å². The predicted octanol–water partition coefficient (Wildman–Crippen LogP) is 3.71. The molecule has 4 aromatic rings. The molecule has 44 heavy (non-hydrogen) atoms. The molecule has 1 aromatic heterocycles. The summed E-state index contributed by atoms with van der Waals surface area (Å²) in [5.41, 5.74) is 8.08.